The smallest absolute Gasteiger partial charge is 0.166 e. The minimum atomic E-state index is 0.230. The van der Waals surface area contributed by atoms with Gasteiger partial charge in [-0.2, -0.15) is 0 Å². The number of nitrogens with zero attached hydrogens (tertiary/aromatic N) is 2. The average Bonchev–Trinajstić information content (AvgIpc) is 3.26. The van der Waals surface area contributed by atoms with E-state index >= 15 is 0 Å². The van der Waals surface area contributed by atoms with E-state index in [-0.39, 0.29) is 5.92 Å². The van der Waals surface area contributed by atoms with Crippen molar-refractivity contribution in [1.29, 1.82) is 0 Å². The molecule has 2 atom stereocenters. The molecule has 2 aromatic carbocycles. The zero-order valence-electron chi connectivity index (χ0n) is 20.6. The van der Waals surface area contributed by atoms with E-state index < -0.39 is 0 Å². The molecule has 3 fully saturated rings. The highest BCUT2D eigenvalue weighted by atomic mass is 16.1. The van der Waals surface area contributed by atoms with Gasteiger partial charge in [-0.15, -0.1) is 0 Å². The van der Waals surface area contributed by atoms with Gasteiger partial charge in [0.2, 0.25) is 0 Å². The fraction of sp³-hybridized carbons (Fsp3) is 0.455. The molecule has 0 amide bonds. The van der Waals surface area contributed by atoms with Crippen molar-refractivity contribution in [3.05, 3.63) is 58.9 Å². The van der Waals surface area contributed by atoms with Gasteiger partial charge in [-0.3, -0.25) is 9.78 Å². The normalized spacial score (nSPS) is 32.6. The molecule has 0 aliphatic heterocycles. The molecule has 3 heterocycles. The zero-order chi connectivity index (χ0) is 23.3. The van der Waals surface area contributed by atoms with Crippen molar-refractivity contribution in [3.63, 3.8) is 0 Å². The van der Waals surface area contributed by atoms with Gasteiger partial charge < -0.3 is 4.40 Å². The summed E-state index contributed by atoms with van der Waals surface area (Å²) in [6, 6.07) is 11.6. The minimum Gasteiger partial charge on any atom is -0.306 e. The molecule has 3 nitrogen and oxygen atoms in total. The van der Waals surface area contributed by atoms with Crippen LogP contribution in [0.15, 0.2) is 36.5 Å². The first-order valence-corrected chi connectivity index (χ1v) is 14.4. The van der Waals surface area contributed by atoms with Crippen molar-refractivity contribution >= 4 is 43.9 Å². The van der Waals surface area contributed by atoms with E-state index in [1.165, 1.54) is 94.3 Å². The first kappa shape index (κ1) is 19.2. The van der Waals surface area contributed by atoms with E-state index in [4.69, 9.17) is 4.98 Å². The highest BCUT2D eigenvalue weighted by Gasteiger charge is 2.44. The lowest BCUT2D eigenvalue weighted by molar-refractivity contribution is 0.0898. The second kappa shape index (κ2) is 6.30. The van der Waals surface area contributed by atoms with Crippen LogP contribution in [0.2, 0.25) is 0 Å². The molecule has 0 radical (unpaired) electrons. The molecule has 3 heteroatoms. The molecule has 3 saturated carbocycles. The number of ketones is 1. The van der Waals surface area contributed by atoms with Gasteiger partial charge >= 0.3 is 0 Å². The first-order chi connectivity index (χ1) is 17.7. The van der Waals surface area contributed by atoms with Crippen molar-refractivity contribution < 1.29 is 4.79 Å². The van der Waals surface area contributed by atoms with Crippen LogP contribution in [0, 0.1) is 17.8 Å². The van der Waals surface area contributed by atoms with Crippen LogP contribution in [-0.4, -0.2) is 15.2 Å². The number of para-hydroxylation sites is 1. The SMILES string of the molecule is O=C1c2cc3c(cc2C2CCC1CC2)c1cccc2c4c5c(ncc4n3c12)C1CC2CC(C1)CC5C2. The lowest BCUT2D eigenvalue weighted by Gasteiger charge is -2.38. The van der Waals surface area contributed by atoms with Gasteiger partial charge in [0.05, 0.1) is 22.7 Å². The number of carbonyl (C=O) groups is 1. The van der Waals surface area contributed by atoms with Gasteiger partial charge in [-0.05, 0) is 105 Å². The standard InChI is InChI=1S/C33H30N2O/c36-33-19-6-4-18(5-7-19)24-13-25-22-2-1-3-23-30-28(35(32(22)23)27(25)14-26(24)33)15-34-31-21-11-16-8-17(12-21)10-20(9-16)29(30)31/h1-3,13-21H,4-12H2. The summed E-state index contributed by atoms with van der Waals surface area (Å²) in [4.78, 5) is 18.8. The third-order valence-electron chi connectivity index (χ3n) is 11.3. The van der Waals surface area contributed by atoms with Crippen LogP contribution in [-0.2, 0) is 0 Å². The Hall–Kier alpha value is -2.94. The highest BCUT2D eigenvalue weighted by Crippen LogP contribution is 2.58. The van der Waals surface area contributed by atoms with E-state index in [0.29, 0.717) is 23.5 Å². The lowest BCUT2D eigenvalue weighted by atomic mass is 9.67. The van der Waals surface area contributed by atoms with E-state index in [9.17, 15) is 4.79 Å². The van der Waals surface area contributed by atoms with E-state index in [1.54, 1.807) is 5.56 Å². The maximum Gasteiger partial charge on any atom is 0.166 e. The Morgan fingerprint density at radius 1 is 0.750 bits per heavy atom. The summed E-state index contributed by atoms with van der Waals surface area (Å²) in [7, 11) is 0. The first-order valence-electron chi connectivity index (χ1n) is 14.4. The van der Waals surface area contributed by atoms with Crippen LogP contribution in [0.3, 0.4) is 0 Å². The van der Waals surface area contributed by atoms with Crippen molar-refractivity contribution in [3.8, 4) is 0 Å². The summed E-state index contributed by atoms with van der Waals surface area (Å²) in [5, 5.41) is 5.55. The quantitative estimate of drug-likeness (QED) is 0.229. The summed E-state index contributed by atoms with van der Waals surface area (Å²) < 4.78 is 2.48. The highest BCUT2D eigenvalue weighted by molar-refractivity contribution is 6.24. The van der Waals surface area contributed by atoms with Crippen LogP contribution < -0.4 is 0 Å². The lowest BCUT2D eigenvalue weighted by Crippen LogP contribution is -2.25. The van der Waals surface area contributed by atoms with Gasteiger partial charge in [0.15, 0.2) is 5.78 Å². The largest absolute Gasteiger partial charge is 0.306 e. The fourth-order valence-corrected chi connectivity index (χ4v) is 10.0. The third-order valence-corrected chi connectivity index (χ3v) is 11.3. The van der Waals surface area contributed by atoms with Crippen molar-refractivity contribution in [1.82, 2.24) is 9.38 Å². The van der Waals surface area contributed by atoms with Crippen LogP contribution in [0.25, 0.3) is 38.1 Å². The maximum absolute atomic E-state index is 13.6. The van der Waals surface area contributed by atoms with Crippen molar-refractivity contribution in [2.75, 3.05) is 0 Å². The second-order valence-electron chi connectivity index (χ2n) is 13.0. The molecule has 2 unspecified atom stereocenters. The summed E-state index contributed by atoms with van der Waals surface area (Å²) in [5.74, 6) is 4.29. The Morgan fingerprint density at radius 2 is 1.50 bits per heavy atom. The van der Waals surface area contributed by atoms with Crippen molar-refractivity contribution in [2.45, 2.75) is 75.5 Å². The van der Waals surface area contributed by atoms with E-state index in [2.05, 4.69) is 40.9 Å². The topological polar surface area (TPSA) is 34.4 Å². The molecule has 0 spiro atoms. The zero-order valence-corrected chi connectivity index (χ0v) is 20.6. The minimum absolute atomic E-state index is 0.230. The second-order valence-corrected chi connectivity index (χ2v) is 13.0. The summed E-state index contributed by atoms with van der Waals surface area (Å²) in [6.45, 7) is 0. The van der Waals surface area contributed by atoms with Crippen LogP contribution in [0.1, 0.15) is 103 Å². The van der Waals surface area contributed by atoms with E-state index in [1.807, 2.05) is 0 Å². The van der Waals surface area contributed by atoms with Gasteiger partial charge in [-0.25, -0.2) is 0 Å². The number of hydrogen-bond acceptors (Lipinski definition) is 2. The number of Topliss-reactive ketones (excluding diaryl/α,β-unsaturated/α-hetero) is 1. The monoisotopic (exact) mass is 470 g/mol. The predicted molar refractivity (Wildman–Crippen MR) is 143 cm³/mol. The molecular weight excluding hydrogens is 440 g/mol. The Labute approximate surface area is 210 Å². The third kappa shape index (κ3) is 2.16. The van der Waals surface area contributed by atoms with Crippen LogP contribution in [0.5, 0.6) is 0 Å². The number of rotatable bonds is 0. The molecule has 0 saturated heterocycles. The number of benzene rings is 2. The molecule has 6 bridgehead atoms. The molecule has 178 valence electrons. The van der Waals surface area contributed by atoms with Crippen LogP contribution >= 0.6 is 0 Å². The van der Waals surface area contributed by atoms with Gasteiger partial charge in [0.1, 0.15) is 0 Å². The number of aromatic nitrogens is 2. The number of pyridine rings is 1. The van der Waals surface area contributed by atoms with E-state index in [0.717, 1.165) is 30.2 Å². The predicted octanol–water partition coefficient (Wildman–Crippen LogP) is 8.09. The Kier molecular flexibility index (Phi) is 3.36. The molecule has 36 heavy (non-hydrogen) atoms. The molecule has 7 aliphatic carbocycles. The molecule has 3 aromatic heterocycles. The van der Waals surface area contributed by atoms with Gasteiger partial charge in [-0.1, -0.05) is 18.2 Å². The molecular formula is C33H30N2O. The maximum atomic E-state index is 13.6. The Balaban J connectivity index is 1.35. The van der Waals surface area contributed by atoms with Crippen LogP contribution in [0.4, 0.5) is 0 Å². The van der Waals surface area contributed by atoms with Gasteiger partial charge in [0.25, 0.3) is 0 Å². The summed E-state index contributed by atoms with van der Waals surface area (Å²) >= 11 is 0. The molecule has 12 rings (SSSR count). The summed E-state index contributed by atoms with van der Waals surface area (Å²) in [5.41, 5.74) is 9.18. The average molecular weight is 471 g/mol. The summed E-state index contributed by atoms with van der Waals surface area (Å²) in [6.07, 6.45) is 13.5. The Morgan fingerprint density at radius 3 is 2.33 bits per heavy atom. The van der Waals surface area contributed by atoms with Gasteiger partial charge in [0, 0.05) is 44.6 Å². The number of fused-ring (bicyclic) bond motifs is 8. The molecule has 7 aliphatic rings. The molecule has 5 aromatic rings. The molecule has 0 N–H and O–H groups in total. The Bertz CT molecular complexity index is 1770. The van der Waals surface area contributed by atoms with Crippen molar-refractivity contribution in [2.24, 2.45) is 17.8 Å². The number of carbonyl (C=O) groups excluding carboxylic acids is 1. The fourth-order valence-electron chi connectivity index (χ4n) is 10.0. The number of hydrogen-bond donors (Lipinski definition) is 0.